The minimum atomic E-state index is -0.739. The van der Waals surface area contributed by atoms with Gasteiger partial charge in [-0.3, -0.25) is 9.59 Å². The van der Waals surface area contributed by atoms with E-state index in [1.54, 1.807) is 24.3 Å². The Labute approximate surface area is 254 Å². The molecule has 1 atom stereocenters. The van der Waals surface area contributed by atoms with Crippen molar-refractivity contribution >= 4 is 11.8 Å². The van der Waals surface area contributed by atoms with E-state index in [9.17, 15) is 9.59 Å². The number of hydrogen-bond acceptors (Lipinski definition) is 4. The van der Waals surface area contributed by atoms with Gasteiger partial charge >= 0.3 is 0 Å². The molecule has 1 aliphatic rings. The fraction of sp³-hybridized carbons (Fsp3) is 0.297. The molecule has 2 amide bonds. The maximum atomic E-state index is 13.8. The van der Waals surface area contributed by atoms with E-state index in [0.717, 1.165) is 35.3 Å². The molecule has 3 N–H and O–H groups in total. The van der Waals surface area contributed by atoms with E-state index in [1.165, 1.54) is 0 Å². The maximum Gasteiger partial charge on any atom is 0.251 e. The number of para-hydroxylation sites is 1. The van der Waals surface area contributed by atoms with Gasteiger partial charge in [0.05, 0.1) is 0 Å². The lowest BCUT2D eigenvalue weighted by Crippen LogP contribution is -2.63. The number of carbonyl (C=O) groups excluding carboxylic acids is 2. The lowest BCUT2D eigenvalue weighted by Gasteiger charge is -2.46. The molecule has 0 bridgehead atoms. The second kappa shape index (κ2) is 12.8. The first-order valence-electron chi connectivity index (χ1n) is 14.9. The molecule has 6 heteroatoms. The highest BCUT2D eigenvalue weighted by molar-refractivity contribution is 5.97. The summed E-state index contributed by atoms with van der Waals surface area (Å²) in [5.41, 5.74) is 3.43. The zero-order valence-corrected chi connectivity index (χ0v) is 25.4. The maximum absolute atomic E-state index is 13.8. The van der Waals surface area contributed by atoms with Crippen molar-refractivity contribution in [3.8, 4) is 22.6 Å². The summed E-state index contributed by atoms with van der Waals surface area (Å²) >= 11 is 0. The zero-order chi connectivity index (χ0) is 30.5. The fourth-order valence-electron chi connectivity index (χ4n) is 6.18. The van der Waals surface area contributed by atoms with Gasteiger partial charge in [0.2, 0.25) is 5.91 Å². The van der Waals surface area contributed by atoms with Gasteiger partial charge in [0.25, 0.3) is 5.91 Å². The number of nitrogens with one attached hydrogen (secondary N) is 3. The molecular formula is C37H41N3O3. The normalized spacial score (nSPS) is 16.6. The average molecular weight is 576 g/mol. The quantitative estimate of drug-likeness (QED) is 0.203. The molecule has 222 valence electrons. The minimum Gasteiger partial charge on any atom is -0.457 e. The minimum absolute atomic E-state index is 0.00646. The molecule has 5 rings (SSSR count). The fourth-order valence-corrected chi connectivity index (χ4v) is 6.18. The van der Waals surface area contributed by atoms with Crippen LogP contribution in [0.3, 0.4) is 0 Å². The van der Waals surface area contributed by atoms with Gasteiger partial charge in [-0.25, -0.2) is 0 Å². The summed E-state index contributed by atoms with van der Waals surface area (Å²) < 4.78 is 5.87. The number of ether oxygens (including phenoxy) is 1. The van der Waals surface area contributed by atoms with E-state index in [2.05, 4.69) is 67.9 Å². The Hall–Kier alpha value is -4.42. The van der Waals surface area contributed by atoms with Gasteiger partial charge in [-0.05, 0) is 93.6 Å². The van der Waals surface area contributed by atoms with Crippen LogP contribution in [0.4, 0.5) is 0 Å². The van der Waals surface area contributed by atoms with Crippen molar-refractivity contribution in [2.75, 3.05) is 0 Å². The molecule has 4 aromatic carbocycles. The Morgan fingerprint density at radius 2 is 1.28 bits per heavy atom. The summed E-state index contributed by atoms with van der Waals surface area (Å²) in [6.45, 7) is 8.63. The Kier molecular flexibility index (Phi) is 8.97. The van der Waals surface area contributed by atoms with Crippen LogP contribution in [-0.2, 0) is 11.2 Å². The van der Waals surface area contributed by atoms with Crippen molar-refractivity contribution < 1.29 is 14.3 Å². The van der Waals surface area contributed by atoms with Crippen molar-refractivity contribution in [3.63, 3.8) is 0 Å². The summed E-state index contributed by atoms with van der Waals surface area (Å²) in [7, 11) is 0. The molecule has 0 saturated carbocycles. The van der Waals surface area contributed by atoms with Crippen LogP contribution in [0.1, 0.15) is 56.5 Å². The van der Waals surface area contributed by atoms with Crippen molar-refractivity contribution in [1.82, 2.24) is 16.0 Å². The van der Waals surface area contributed by atoms with E-state index in [1.807, 2.05) is 60.7 Å². The topological polar surface area (TPSA) is 79.5 Å². The molecule has 0 aliphatic carbocycles. The van der Waals surface area contributed by atoms with Crippen molar-refractivity contribution in [2.24, 2.45) is 0 Å². The first-order chi connectivity index (χ1) is 20.6. The summed E-state index contributed by atoms with van der Waals surface area (Å²) in [4.78, 5) is 27.2. The Bertz CT molecular complexity index is 1500. The highest BCUT2D eigenvalue weighted by Crippen LogP contribution is 2.29. The molecule has 0 aromatic heterocycles. The molecule has 6 nitrogen and oxygen atoms in total. The third-order valence-electron chi connectivity index (χ3n) is 7.75. The zero-order valence-electron chi connectivity index (χ0n) is 25.4. The number of hydrogen-bond donors (Lipinski definition) is 3. The van der Waals surface area contributed by atoms with Gasteiger partial charge in [0.1, 0.15) is 17.5 Å². The molecule has 43 heavy (non-hydrogen) atoms. The smallest absolute Gasteiger partial charge is 0.251 e. The first kappa shape index (κ1) is 30.1. The highest BCUT2D eigenvalue weighted by atomic mass is 16.5. The number of rotatable bonds is 9. The van der Waals surface area contributed by atoms with Crippen LogP contribution in [0.15, 0.2) is 109 Å². The van der Waals surface area contributed by atoms with Crippen LogP contribution in [0.2, 0.25) is 0 Å². The van der Waals surface area contributed by atoms with Gasteiger partial charge in [-0.15, -0.1) is 0 Å². The lowest BCUT2D eigenvalue weighted by atomic mass is 9.79. The van der Waals surface area contributed by atoms with Crippen LogP contribution in [0.5, 0.6) is 11.5 Å². The lowest BCUT2D eigenvalue weighted by molar-refractivity contribution is -0.124. The van der Waals surface area contributed by atoms with E-state index in [4.69, 9.17) is 4.74 Å². The summed E-state index contributed by atoms with van der Waals surface area (Å²) in [6.07, 6.45) is 1.98. The van der Waals surface area contributed by atoms with Crippen LogP contribution < -0.4 is 20.7 Å². The molecule has 1 heterocycles. The number of benzene rings is 4. The molecular weight excluding hydrogens is 534 g/mol. The molecule has 1 aliphatic heterocycles. The van der Waals surface area contributed by atoms with Gasteiger partial charge in [0, 0.05) is 29.1 Å². The van der Waals surface area contributed by atoms with E-state index in [0.29, 0.717) is 17.7 Å². The van der Waals surface area contributed by atoms with E-state index >= 15 is 0 Å². The first-order valence-corrected chi connectivity index (χ1v) is 14.9. The Morgan fingerprint density at radius 1 is 0.744 bits per heavy atom. The number of piperidine rings is 1. The van der Waals surface area contributed by atoms with Gasteiger partial charge in [0.15, 0.2) is 0 Å². The number of carbonyl (C=O) groups is 2. The summed E-state index contributed by atoms with van der Waals surface area (Å²) in [5.74, 6) is 0.868. The third-order valence-corrected chi connectivity index (χ3v) is 7.75. The Morgan fingerprint density at radius 3 is 1.88 bits per heavy atom. The molecule has 1 fully saturated rings. The van der Waals surface area contributed by atoms with Crippen LogP contribution in [0.25, 0.3) is 11.1 Å². The average Bonchev–Trinajstić information content (AvgIpc) is 2.97. The van der Waals surface area contributed by atoms with E-state index in [-0.39, 0.29) is 28.9 Å². The summed E-state index contributed by atoms with van der Waals surface area (Å²) in [6, 6.07) is 34.1. The van der Waals surface area contributed by atoms with Gasteiger partial charge in [-0.1, -0.05) is 72.8 Å². The Balaban J connectivity index is 1.32. The van der Waals surface area contributed by atoms with Gasteiger partial charge < -0.3 is 20.7 Å². The predicted molar refractivity (Wildman–Crippen MR) is 172 cm³/mol. The van der Waals surface area contributed by atoms with Crippen molar-refractivity contribution in [3.05, 3.63) is 120 Å². The predicted octanol–water partition coefficient (Wildman–Crippen LogP) is 6.91. The third kappa shape index (κ3) is 8.33. The SMILES string of the molecule is CC1(C)CC(NC(=O)C(Cc2ccc(-c3ccccc3)cc2)NC(=O)c2ccc(Oc3ccccc3)cc2)CC(C)(C)N1. The molecule has 1 saturated heterocycles. The largest absolute Gasteiger partial charge is 0.457 e. The standard InChI is InChI=1S/C37H41N3O3/c1-36(2)24-30(25-37(3,4)40-36)38-35(42)33(23-26-15-17-28(18-16-26)27-11-7-5-8-12-27)39-34(41)29-19-21-32(22-20-29)43-31-13-9-6-10-14-31/h5-22,30,33,40H,23-25H2,1-4H3,(H,38,42)(H,39,41). The van der Waals surface area contributed by atoms with Gasteiger partial charge in [-0.2, -0.15) is 0 Å². The number of amides is 2. The highest BCUT2D eigenvalue weighted by Gasteiger charge is 2.39. The summed E-state index contributed by atoms with van der Waals surface area (Å²) in [5, 5.41) is 9.95. The molecule has 0 radical (unpaired) electrons. The van der Waals surface area contributed by atoms with Crippen molar-refractivity contribution in [1.29, 1.82) is 0 Å². The van der Waals surface area contributed by atoms with Crippen LogP contribution in [0, 0.1) is 0 Å². The van der Waals surface area contributed by atoms with Crippen molar-refractivity contribution in [2.45, 2.75) is 70.1 Å². The second-order valence-electron chi connectivity index (χ2n) is 12.7. The molecule has 1 unspecified atom stereocenters. The monoisotopic (exact) mass is 575 g/mol. The van der Waals surface area contributed by atoms with Crippen LogP contribution in [-0.4, -0.2) is 35.0 Å². The van der Waals surface area contributed by atoms with Crippen LogP contribution >= 0.6 is 0 Å². The van der Waals surface area contributed by atoms with E-state index < -0.39 is 6.04 Å². The molecule has 0 spiro atoms. The second-order valence-corrected chi connectivity index (χ2v) is 12.7. The molecule has 4 aromatic rings.